The lowest BCUT2D eigenvalue weighted by Crippen LogP contribution is -2.34. The van der Waals surface area contributed by atoms with Gasteiger partial charge in [0.1, 0.15) is 13.2 Å². The minimum Gasteiger partial charge on any atom is -0.486 e. The first-order chi connectivity index (χ1) is 12.2. The number of fused-ring (bicyclic) bond motifs is 1. The minimum atomic E-state index is -0.0339. The molecule has 0 radical (unpaired) electrons. The molecule has 136 valence electrons. The summed E-state index contributed by atoms with van der Waals surface area (Å²) in [6.07, 6.45) is 4.18. The number of anilines is 1. The van der Waals surface area contributed by atoms with Gasteiger partial charge in [0.05, 0.1) is 5.69 Å². The summed E-state index contributed by atoms with van der Waals surface area (Å²) in [5.41, 5.74) is 0.786. The smallest absolute Gasteiger partial charge is 0.321 e. The summed E-state index contributed by atoms with van der Waals surface area (Å²) < 4.78 is 16.8. The average molecular weight is 364 g/mol. The number of ether oxygens (including phenoxy) is 3. The highest BCUT2D eigenvalue weighted by Crippen LogP contribution is 2.39. The Morgan fingerprint density at radius 2 is 1.96 bits per heavy atom. The summed E-state index contributed by atoms with van der Waals surface area (Å²) in [5, 5.41) is 3.06. The van der Waals surface area contributed by atoms with Crippen LogP contribution in [0, 0.1) is 11.8 Å². The highest BCUT2D eigenvalue weighted by atomic mass is 32.2. The van der Waals surface area contributed by atoms with Crippen molar-refractivity contribution in [3.05, 3.63) is 12.1 Å². The van der Waals surface area contributed by atoms with E-state index in [0.29, 0.717) is 30.8 Å². The largest absolute Gasteiger partial charge is 0.486 e. The Morgan fingerprint density at radius 3 is 2.68 bits per heavy atom. The Labute approximate surface area is 152 Å². The van der Waals surface area contributed by atoms with Gasteiger partial charge in [-0.1, -0.05) is 0 Å². The van der Waals surface area contributed by atoms with Gasteiger partial charge in [0.15, 0.2) is 11.5 Å². The molecule has 4 rings (SSSR count). The van der Waals surface area contributed by atoms with Gasteiger partial charge < -0.3 is 24.4 Å². The third-order valence-electron chi connectivity index (χ3n) is 5.25. The normalized spacial score (nSPS) is 25.2. The van der Waals surface area contributed by atoms with Crippen molar-refractivity contribution in [1.82, 2.24) is 4.90 Å². The van der Waals surface area contributed by atoms with Crippen molar-refractivity contribution >= 4 is 23.5 Å². The second-order valence-electron chi connectivity index (χ2n) is 6.74. The number of thioether (sulfide) groups is 1. The van der Waals surface area contributed by atoms with Crippen molar-refractivity contribution in [2.24, 2.45) is 11.8 Å². The van der Waals surface area contributed by atoms with Crippen LogP contribution < -0.4 is 14.8 Å². The van der Waals surface area contributed by atoms with E-state index in [-0.39, 0.29) is 6.03 Å². The molecule has 2 atom stereocenters. The van der Waals surface area contributed by atoms with Crippen LogP contribution in [-0.4, -0.2) is 56.7 Å². The van der Waals surface area contributed by atoms with E-state index in [9.17, 15) is 4.79 Å². The van der Waals surface area contributed by atoms with E-state index in [1.54, 1.807) is 11.8 Å². The summed E-state index contributed by atoms with van der Waals surface area (Å²) in [4.78, 5) is 15.6. The van der Waals surface area contributed by atoms with Crippen molar-refractivity contribution in [3.63, 3.8) is 0 Å². The van der Waals surface area contributed by atoms with Gasteiger partial charge in [0.25, 0.3) is 0 Å². The molecule has 2 saturated heterocycles. The Morgan fingerprint density at radius 1 is 1.16 bits per heavy atom. The molecule has 0 saturated carbocycles. The molecule has 7 heteroatoms. The van der Waals surface area contributed by atoms with E-state index < -0.39 is 0 Å². The highest BCUT2D eigenvalue weighted by Gasteiger charge is 2.34. The zero-order chi connectivity index (χ0) is 17.2. The molecule has 1 aromatic rings. The van der Waals surface area contributed by atoms with Gasteiger partial charge in [-0.2, -0.15) is 0 Å². The molecule has 25 heavy (non-hydrogen) atoms. The lowest BCUT2D eigenvalue weighted by Gasteiger charge is -2.23. The van der Waals surface area contributed by atoms with Crippen molar-refractivity contribution in [2.75, 3.05) is 51.1 Å². The molecule has 0 aliphatic carbocycles. The van der Waals surface area contributed by atoms with Crippen LogP contribution in [0.15, 0.2) is 17.0 Å². The molecule has 1 aromatic carbocycles. The first kappa shape index (κ1) is 16.8. The topological polar surface area (TPSA) is 60.0 Å². The van der Waals surface area contributed by atoms with E-state index in [1.165, 1.54) is 0 Å². The summed E-state index contributed by atoms with van der Waals surface area (Å²) >= 11 is 1.59. The number of nitrogens with one attached hydrogen (secondary N) is 1. The molecular weight excluding hydrogens is 340 g/mol. The number of nitrogens with zero attached hydrogens (tertiary/aromatic N) is 1. The van der Waals surface area contributed by atoms with Gasteiger partial charge in [0, 0.05) is 37.3 Å². The summed E-state index contributed by atoms with van der Waals surface area (Å²) in [5.74, 6) is 2.61. The molecule has 2 amide bonds. The highest BCUT2D eigenvalue weighted by molar-refractivity contribution is 7.98. The van der Waals surface area contributed by atoms with E-state index in [2.05, 4.69) is 5.32 Å². The van der Waals surface area contributed by atoms with Crippen molar-refractivity contribution in [1.29, 1.82) is 0 Å². The van der Waals surface area contributed by atoms with Crippen molar-refractivity contribution in [3.8, 4) is 11.5 Å². The van der Waals surface area contributed by atoms with Gasteiger partial charge >= 0.3 is 6.03 Å². The number of hydrogen-bond acceptors (Lipinski definition) is 5. The molecule has 6 nitrogen and oxygen atoms in total. The zero-order valence-electron chi connectivity index (χ0n) is 14.5. The Hall–Kier alpha value is -1.60. The molecule has 0 bridgehead atoms. The first-order valence-corrected chi connectivity index (χ1v) is 10.1. The van der Waals surface area contributed by atoms with Gasteiger partial charge in [-0.3, -0.25) is 0 Å². The number of benzene rings is 1. The van der Waals surface area contributed by atoms with Gasteiger partial charge in [-0.15, -0.1) is 11.8 Å². The Kier molecular flexibility index (Phi) is 4.94. The van der Waals surface area contributed by atoms with Crippen LogP contribution >= 0.6 is 11.8 Å². The van der Waals surface area contributed by atoms with E-state index in [1.807, 2.05) is 23.3 Å². The molecule has 1 N–H and O–H groups in total. The number of hydrogen-bond donors (Lipinski definition) is 1. The summed E-state index contributed by atoms with van der Waals surface area (Å²) in [6, 6.07) is 3.78. The van der Waals surface area contributed by atoms with Gasteiger partial charge in [-0.05, 0) is 37.0 Å². The number of rotatable bonds is 3. The average Bonchev–Trinajstić information content (AvgIpc) is 3.32. The van der Waals surface area contributed by atoms with Gasteiger partial charge in [0.2, 0.25) is 0 Å². The van der Waals surface area contributed by atoms with Crippen LogP contribution in [-0.2, 0) is 4.74 Å². The molecule has 2 fully saturated rings. The lowest BCUT2D eigenvalue weighted by atomic mass is 9.91. The fourth-order valence-corrected chi connectivity index (χ4v) is 4.37. The fourth-order valence-electron chi connectivity index (χ4n) is 3.81. The van der Waals surface area contributed by atoms with Gasteiger partial charge in [-0.25, -0.2) is 4.79 Å². The first-order valence-electron chi connectivity index (χ1n) is 8.86. The molecular formula is C18H24N2O4S. The second-order valence-corrected chi connectivity index (χ2v) is 7.59. The lowest BCUT2D eigenvalue weighted by molar-refractivity contribution is 0.171. The number of carbonyl (C=O) groups is 1. The van der Waals surface area contributed by atoms with Crippen LogP contribution in [0.2, 0.25) is 0 Å². The summed E-state index contributed by atoms with van der Waals surface area (Å²) in [7, 11) is 0. The summed E-state index contributed by atoms with van der Waals surface area (Å²) in [6.45, 7) is 4.44. The maximum atomic E-state index is 12.7. The fraction of sp³-hybridized carbons (Fsp3) is 0.611. The van der Waals surface area contributed by atoms with E-state index >= 15 is 0 Å². The van der Waals surface area contributed by atoms with Crippen LogP contribution in [0.4, 0.5) is 10.5 Å². The zero-order valence-corrected chi connectivity index (χ0v) is 15.3. The molecule has 0 aromatic heterocycles. The van der Waals surface area contributed by atoms with E-state index in [4.69, 9.17) is 14.2 Å². The molecule has 2 unspecified atom stereocenters. The Balaban J connectivity index is 1.44. The van der Waals surface area contributed by atoms with E-state index in [0.717, 1.165) is 55.5 Å². The second kappa shape index (κ2) is 7.33. The number of urea groups is 1. The number of likely N-dealkylation sites (tertiary alicyclic amines) is 1. The molecule has 3 aliphatic rings. The van der Waals surface area contributed by atoms with Crippen molar-refractivity contribution in [2.45, 2.75) is 17.7 Å². The van der Waals surface area contributed by atoms with Crippen LogP contribution in [0.3, 0.4) is 0 Å². The van der Waals surface area contributed by atoms with Crippen LogP contribution in [0.1, 0.15) is 12.8 Å². The standard InChI is InChI=1S/C18H24N2O4S/c1-25-17-9-16-15(23-6-7-24-16)8-14(17)19-18(21)20-4-2-12(10-20)13-3-5-22-11-13/h8-9,12-13H,2-7,10-11H2,1H3,(H,19,21). The number of carbonyl (C=O) groups excluding carboxylic acids is 1. The predicted octanol–water partition coefficient (Wildman–Crippen LogP) is 3.07. The SMILES string of the molecule is CSc1cc2c(cc1NC(=O)N1CCC(C3CCOC3)C1)OCCO2. The third-order valence-corrected chi connectivity index (χ3v) is 6.03. The monoisotopic (exact) mass is 364 g/mol. The van der Waals surface area contributed by atoms with Crippen molar-refractivity contribution < 1.29 is 19.0 Å². The molecule has 0 spiro atoms. The van der Waals surface area contributed by atoms with Crippen LogP contribution in [0.25, 0.3) is 0 Å². The molecule has 3 aliphatic heterocycles. The molecule has 3 heterocycles. The number of amides is 2. The quantitative estimate of drug-likeness (QED) is 0.836. The third kappa shape index (κ3) is 3.53. The maximum absolute atomic E-state index is 12.7. The minimum absolute atomic E-state index is 0.0339. The predicted molar refractivity (Wildman–Crippen MR) is 96.8 cm³/mol. The maximum Gasteiger partial charge on any atom is 0.321 e. The Bertz CT molecular complexity index is 648. The van der Waals surface area contributed by atoms with Crippen LogP contribution in [0.5, 0.6) is 11.5 Å².